The van der Waals surface area contributed by atoms with Crippen molar-refractivity contribution in [2.45, 2.75) is 147 Å². The summed E-state index contributed by atoms with van der Waals surface area (Å²) < 4.78 is 5.16. The summed E-state index contributed by atoms with van der Waals surface area (Å²) in [7, 11) is 1.71. The molecule has 1 aromatic carbocycles. The molecule has 4 heteroatoms. The van der Waals surface area contributed by atoms with Gasteiger partial charge in [-0.15, -0.1) is 0 Å². The van der Waals surface area contributed by atoms with E-state index in [0.29, 0.717) is 5.41 Å². The van der Waals surface area contributed by atoms with Gasteiger partial charge in [0.05, 0.1) is 7.11 Å². The van der Waals surface area contributed by atoms with Gasteiger partial charge in [0.1, 0.15) is 11.5 Å². The zero-order chi connectivity index (χ0) is 34.2. The highest BCUT2D eigenvalue weighted by Gasteiger charge is 1.97. The van der Waals surface area contributed by atoms with Gasteiger partial charge in [-0.3, -0.25) is 0 Å². The average molecular weight is 630 g/mol. The molecule has 0 aliphatic heterocycles. The SMILES string of the molecule is CC.CC(C)(C)C.CC(C)=O.CCCCCCCCCSCc1ccc(OC)cc1.CCCc1ccc(C)ccc(C)[nH]c1. The quantitative estimate of drug-likeness (QED) is 0.224. The number of benzene rings is 1. The number of hydrogen-bond donors (Lipinski definition) is 1. The normalized spacial score (nSPS) is 9.75. The number of nitrogens with one attached hydrogen (secondary N) is 1. The molecule has 0 aliphatic rings. The largest absolute Gasteiger partial charge is 0.497 e. The van der Waals surface area contributed by atoms with Crippen molar-refractivity contribution in [1.29, 1.82) is 0 Å². The molecule has 0 fully saturated rings. The Hall–Kier alpha value is -2.20. The molecule has 0 spiro atoms. The van der Waals surface area contributed by atoms with E-state index in [1.807, 2.05) is 37.7 Å². The fraction of sp³-hybridized carbons (Fsp3) is 0.625. The van der Waals surface area contributed by atoms with Crippen molar-refractivity contribution in [3.05, 3.63) is 77.1 Å². The van der Waals surface area contributed by atoms with E-state index in [2.05, 4.69) is 103 Å². The van der Waals surface area contributed by atoms with Gasteiger partial charge in [-0.1, -0.05) is 136 Å². The van der Waals surface area contributed by atoms with E-state index in [0.717, 1.165) is 17.9 Å². The van der Waals surface area contributed by atoms with Crippen LogP contribution in [-0.4, -0.2) is 23.6 Å². The molecule has 0 bridgehead atoms. The molecule has 44 heavy (non-hydrogen) atoms. The van der Waals surface area contributed by atoms with E-state index in [1.54, 1.807) is 7.11 Å². The molecule has 0 atom stereocenters. The lowest BCUT2D eigenvalue weighted by Crippen LogP contribution is -1.93. The number of rotatable bonds is 13. The molecule has 1 aromatic heterocycles. The number of Topliss-reactive ketones (excluding diaryl/α,β-unsaturated/α-hetero) is 1. The van der Waals surface area contributed by atoms with E-state index in [4.69, 9.17) is 4.74 Å². The van der Waals surface area contributed by atoms with Crippen molar-refractivity contribution >= 4 is 17.5 Å². The van der Waals surface area contributed by atoms with E-state index >= 15 is 0 Å². The van der Waals surface area contributed by atoms with Gasteiger partial charge in [0.25, 0.3) is 0 Å². The van der Waals surface area contributed by atoms with Crippen LogP contribution in [0.15, 0.2) is 54.7 Å². The zero-order valence-corrected chi connectivity index (χ0v) is 32.0. The summed E-state index contributed by atoms with van der Waals surface area (Å²) in [6, 6.07) is 17.0. The molecule has 0 radical (unpaired) electrons. The molecule has 0 amide bonds. The van der Waals surface area contributed by atoms with E-state index < -0.39 is 0 Å². The Balaban J connectivity index is -0.000000585. The number of H-pyrrole nitrogens is 1. The van der Waals surface area contributed by atoms with Gasteiger partial charge < -0.3 is 14.5 Å². The van der Waals surface area contributed by atoms with E-state index in [-0.39, 0.29) is 5.78 Å². The van der Waals surface area contributed by atoms with Crippen molar-refractivity contribution in [3.8, 4) is 5.75 Å². The number of ketones is 1. The number of hydrogen-bond acceptors (Lipinski definition) is 3. The first-order chi connectivity index (χ1) is 20.8. The second kappa shape index (κ2) is 32.2. The van der Waals surface area contributed by atoms with Crippen LogP contribution in [0.25, 0.3) is 0 Å². The maximum Gasteiger partial charge on any atom is 0.126 e. The molecule has 1 heterocycles. The summed E-state index contributed by atoms with van der Waals surface area (Å²) in [5, 5.41) is 0. The third-order valence-electron chi connectivity index (χ3n) is 5.50. The number of ether oxygens (including phenoxy) is 1. The first-order valence-corrected chi connectivity index (χ1v) is 18.1. The number of unbranched alkanes of at least 4 members (excludes halogenated alkanes) is 6. The fourth-order valence-corrected chi connectivity index (χ4v) is 4.35. The second-order valence-corrected chi connectivity index (χ2v) is 13.7. The molecule has 2 aromatic rings. The summed E-state index contributed by atoms with van der Waals surface area (Å²) in [5.74, 6) is 3.53. The molecule has 2 rings (SSSR count). The van der Waals surface area contributed by atoms with Crippen molar-refractivity contribution in [2.75, 3.05) is 12.9 Å². The molecule has 0 saturated carbocycles. The van der Waals surface area contributed by atoms with E-state index in [1.165, 1.54) is 93.4 Å². The topological polar surface area (TPSA) is 42.1 Å². The van der Waals surface area contributed by atoms with Crippen LogP contribution in [0, 0.1) is 19.3 Å². The average Bonchev–Trinajstić information content (AvgIpc) is 3.04. The molecule has 0 aliphatic carbocycles. The summed E-state index contributed by atoms with van der Waals surface area (Å²) in [6.45, 7) is 24.5. The lowest BCUT2D eigenvalue weighted by molar-refractivity contribution is -0.115. The van der Waals surface area contributed by atoms with Crippen LogP contribution >= 0.6 is 11.8 Å². The number of carbonyl (C=O) groups is 1. The van der Waals surface area contributed by atoms with Crippen molar-refractivity contribution in [2.24, 2.45) is 5.41 Å². The van der Waals surface area contributed by atoms with Crippen LogP contribution in [-0.2, 0) is 17.0 Å². The number of carbonyl (C=O) groups excluding carboxylic acids is 1. The summed E-state index contributed by atoms with van der Waals surface area (Å²) in [5.41, 5.74) is 5.72. The molecule has 254 valence electrons. The highest BCUT2D eigenvalue weighted by atomic mass is 32.2. The van der Waals surface area contributed by atoms with Crippen molar-refractivity contribution < 1.29 is 9.53 Å². The Morgan fingerprint density at radius 1 is 0.750 bits per heavy atom. The number of aromatic amines is 1. The third-order valence-corrected chi connectivity index (χ3v) is 6.62. The number of aromatic nitrogens is 1. The monoisotopic (exact) mass is 630 g/mol. The van der Waals surface area contributed by atoms with Crippen LogP contribution in [0.1, 0.15) is 143 Å². The maximum atomic E-state index is 9.44. The third kappa shape index (κ3) is 39.8. The molecule has 0 saturated heterocycles. The smallest absolute Gasteiger partial charge is 0.126 e. The lowest BCUT2D eigenvalue weighted by Gasteiger charge is -2.05. The van der Waals surface area contributed by atoms with Crippen LogP contribution in [0.2, 0.25) is 0 Å². The molecule has 1 N–H and O–H groups in total. The number of thioether (sulfide) groups is 1. The summed E-state index contributed by atoms with van der Waals surface area (Å²) in [4.78, 5) is 12.7. The van der Waals surface area contributed by atoms with E-state index in [9.17, 15) is 4.79 Å². The van der Waals surface area contributed by atoms with Crippen LogP contribution in [0.4, 0.5) is 0 Å². The lowest BCUT2D eigenvalue weighted by atomic mass is 10.0. The highest BCUT2D eigenvalue weighted by molar-refractivity contribution is 7.98. The first kappa shape index (κ1) is 46.2. The minimum Gasteiger partial charge on any atom is -0.497 e. The second-order valence-electron chi connectivity index (χ2n) is 12.6. The Labute approximate surface area is 279 Å². The highest BCUT2D eigenvalue weighted by Crippen LogP contribution is 2.18. The summed E-state index contributed by atoms with van der Waals surface area (Å²) >= 11 is 2.05. The van der Waals surface area contributed by atoms with Gasteiger partial charge in [-0.2, -0.15) is 11.8 Å². The van der Waals surface area contributed by atoms with Crippen molar-refractivity contribution in [1.82, 2.24) is 4.98 Å². The molecular weight excluding hydrogens is 559 g/mol. The Bertz CT molecular complexity index is 916. The van der Waals surface area contributed by atoms with Gasteiger partial charge in [0.15, 0.2) is 0 Å². The van der Waals surface area contributed by atoms with Crippen LogP contribution in [0.3, 0.4) is 0 Å². The Morgan fingerprint density at radius 2 is 1.23 bits per heavy atom. The van der Waals surface area contributed by atoms with Gasteiger partial charge in [-0.25, -0.2) is 0 Å². The van der Waals surface area contributed by atoms with Crippen molar-refractivity contribution in [3.63, 3.8) is 0 Å². The van der Waals surface area contributed by atoms with Gasteiger partial charge in [0, 0.05) is 17.6 Å². The standard InChI is InChI=1S/C17H28OS.C13H19N.C5H12.C3H6O.C2H6/c1-3-4-5-6-7-8-9-14-19-15-16-10-12-17(18-2)13-11-16;1-4-5-13-9-7-11(2)6-8-12(3)14-10-13;1-5(2,3)4;1-3(2)4;1-2/h10-13H,3-9,14-15H2,1-2H3;6-10,14H,4-5H2,1-3H3;1-4H3;1-2H3;1-2H3. The number of aryl methyl sites for hydroxylation is 3. The predicted octanol–water partition coefficient (Wildman–Crippen LogP) is 13.1. The van der Waals surface area contributed by atoms with Gasteiger partial charge in [0.2, 0.25) is 0 Å². The molecule has 3 nitrogen and oxygen atoms in total. The van der Waals surface area contributed by atoms with Crippen LogP contribution in [0.5, 0.6) is 5.75 Å². The minimum absolute atomic E-state index is 0.167. The first-order valence-electron chi connectivity index (χ1n) is 17.0. The Morgan fingerprint density at radius 3 is 1.73 bits per heavy atom. The molecule has 0 unspecified atom stereocenters. The predicted molar refractivity (Wildman–Crippen MR) is 202 cm³/mol. The fourth-order valence-electron chi connectivity index (χ4n) is 3.37. The Kier molecular flexibility index (Phi) is 33.8. The van der Waals surface area contributed by atoms with Gasteiger partial charge >= 0.3 is 0 Å². The maximum absolute atomic E-state index is 9.44. The zero-order valence-electron chi connectivity index (χ0n) is 31.2. The minimum atomic E-state index is 0.167. The summed E-state index contributed by atoms with van der Waals surface area (Å²) in [6.07, 6.45) is 14.2. The van der Waals surface area contributed by atoms with Gasteiger partial charge in [-0.05, 0) is 81.0 Å². The van der Waals surface area contributed by atoms with Crippen LogP contribution < -0.4 is 4.74 Å². The number of methoxy groups -OCH3 is 1. The molecular formula is C40H71NO2S.